The monoisotopic (exact) mass is 224 g/mol. The summed E-state index contributed by atoms with van der Waals surface area (Å²) in [4.78, 5) is 25.6. The number of amides is 2. The van der Waals surface area contributed by atoms with Crippen LogP contribution in [0.4, 0.5) is 0 Å². The molecule has 2 rings (SSSR count). The lowest BCUT2D eigenvalue weighted by Crippen LogP contribution is -2.60. The molecule has 0 aromatic heterocycles. The Labute approximate surface area is 96.4 Å². The summed E-state index contributed by atoms with van der Waals surface area (Å²) in [6.45, 7) is 6.44. The van der Waals surface area contributed by atoms with E-state index in [1.165, 1.54) is 0 Å². The maximum atomic E-state index is 12.2. The predicted molar refractivity (Wildman–Crippen MR) is 60.7 cm³/mol. The number of nitrogens with zero attached hydrogens (tertiary/aromatic N) is 1. The summed E-state index contributed by atoms with van der Waals surface area (Å²) in [5, 5.41) is 2.81. The van der Waals surface area contributed by atoms with Crippen LogP contribution in [-0.4, -0.2) is 35.3 Å². The Balaban J connectivity index is 2.10. The Kier molecular flexibility index (Phi) is 2.91. The molecule has 90 valence electrons. The fourth-order valence-electron chi connectivity index (χ4n) is 2.33. The van der Waals surface area contributed by atoms with Gasteiger partial charge in [-0.15, -0.1) is 0 Å². The fourth-order valence-corrected chi connectivity index (χ4v) is 2.33. The van der Waals surface area contributed by atoms with E-state index in [-0.39, 0.29) is 30.3 Å². The number of piperazine rings is 1. The van der Waals surface area contributed by atoms with E-state index in [1.807, 2.05) is 13.8 Å². The first-order valence-electron chi connectivity index (χ1n) is 6.14. The zero-order valence-corrected chi connectivity index (χ0v) is 10.2. The zero-order valence-electron chi connectivity index (χ0n) is 10.2. The molecule has 0 spiro atoms. The summed E-state index contributed by atoms with van der Waals surface area (Å²) in [6.07, 6.45) is 1.96. The quantitative estimate of drug-likeness (QED) is 0.769. The number of carbonyl (C=O) groups is 2. The van der Waals surface area contributed by atoms with Crippen LogP contribution in [-0.2, 0) is 9.59 Å². The van der Waals surface area contributed by atoms with Gasteiger partial charge in [0.15, 0.2) is 0 Å². The van der Waals surface area contributed by atoms with Gasteiger partial charge in [0, 0.05) is 6.04 Å². The van der Waals surface area contributed by atoms with E-state index < -0.39 is 0 Å². The molecule has 0 aromatic carbocycles. The minimum atomic E-state index is -0.306. The standard InChI is InChI=1S/C12H20N2O2/c1-4-7(2)11-12(16)14(6-10(15)13-11)9-5-8(9)3/h7-9,11H,4-6H2,1-3H3,(H,13,15). The van der Waals surface area contributed by atoms with E-state index in [4.69, 9.17) is 0 Å². The summed E-state index contributed by atoms with van der Waals surface area (Å²) in [7, 11) is 0. The van der Waals surface area contributed by atoms with Crippen molar-refractivity contribution in [3.05, 3.63) is 0 Å². The fraction of sp³-hybridized carbons (Fsp3) is 0.833. The van der Waals surface area contributed by atoms with Gasteiger partial charge in [0.05, 0.1) is 6.54 Å². The number of hydrogen-bond acceptors (Lipinski definition) is 2. The molecular weight excluding hydrogens is 204 g/mol. The highest BCUT2D eigenvalue weighted by atomic mass is 16.2. The maximum absolute atomic E-state index is 12.2. The Morgan fingerprint density at radius 3 is 2.62 bits per heavy atom. The number of nitrogens with one attached hydrogen (secondary N) is 1. The van der Waals surface area contributed by atoms with Gasteiger partial charge in [-0.2, -0.15) is 0 Å². The first-order chi connectivity index (χ1) is 7.54. The molecule has 1 heterocycles. The second kappa shape index (κ2) is 4.07. The van der Waals surface area contributed by atoms with Crippen molar-refractivity contribution in [3.8, 4) is 0 Å². The molecule has 1 saturated heterocycles. The zero-order chi connectivity index (χ0) is 11.9. The van der Waals surface area contributed by atoms with Crippen LogP contribution in [0.1, 0.15) is 33.6 Å². The predicted octanol–water partition coefficient (Wildman–Crippen LogP) is 0.768. The molecular formula is C12H20N2O2. The molecule has 4 unspecified atom stereocenters. The number of carbonyl (C=O) groups excluding carboxylic acids is 2. The Morgan fingerprint density at radius 1 is 1.50 bits per heavy atom. The summed E-state index contributed by atoms with van der Waals surface area (Å²) in [5.74, 6) is 0.882. The third kappa shape index (κ3) is 1.93. The maximum Gasteiger partial charge on any atom is 0.246 e. The summed E-state index contributed by atoms with van der Waals surface area (Å²) >= 11 is 0. The van der Waals surface area contributed by atoms with E-state index in [9.17, 15) is 9.59 Å². The van der Waals surface area contributed by atoms with Gasteiger partial charge in [-0.25, -0.2) is 0 Å². The lowest BCUT2D eigenvalue weighted by atomic mass is 9.96. The third-order valence-electron chi connectivity index (χ3n) is 3.86. The molecule has 0 radical (unpaired) electrons. The molecule has 1 aliphatic heterocycles. The van der Waals surface area contributed by atoms with Gasteiger partial charge in [0.2, 0.25) is 11.8 Å². The first-order valence-corrected chi connectivity index (χ1v) is 6.14. The molecule has 2 aliphatic rings. The average molecular weight is 224 g/mol. The minimum Gasteiger partial charge on any atom is -0.342 e. The first kappa shape index (κ1) is 11.4. The van der Waals surface area contributed by atoms with Gasteiger partial charge in [-0.3, -0.25) is 9.59 Å². The van der Waals surface area contributed by atoms with E-state index in [1.54, 1.807) is 4.90 Å². The van der Waals surface area contributed by atoms with E-state index in [2.05, 4.69) is 12.2 Å². The van der Waals surface area contributed by atoms with Gasteiger partial charge in [-0.1, -0.05) is 27.2 Å². The lowest BCUT2D eigenvalue weighted by Gasteiger charge is -2.35. The van der Waals surface area contributed by atoms with Gasteiger partial charge in [0.25, 0.3) is 0 Å². The van der Waals surface area contributed by atoms with Crippen LogP contribution < -0.4 is 5.32 Å². The second-order valence-corrected chi connectivity index (χ2v) is 5.18. The van der Waals surface area contributed by atoms with E-state index in [0.717, 1.165) is 12.8 Å². The highest BCUT2D eigenvalue weighted by Gasteiger charge is 2.46. The van der Waals surface area contributed by atoms with Crippen molar-refractivity contribution in [2.24, 2.45) is 11.8 Å². The molecule has 4 nitrogen and oxygen atoms in total. The highest BCUT2D eigenvalue weighted by molar-refractivity contribution is 5.95. The smallest absolute Gasteiger partial charge is 0.246 e. The van der Waals surface area contributed by atoms with Crippen LogP contribution in [0.15, 0.2) is 0 Å². The highest BCUT2D eigenvalue weighted by Crippen LogP contribution is 2.36. The number of rotatable bonds is 3. The molecule has 1 aliphatic carbocycles. The van der Waals surface area contributed by atoms with Gasteiger partial charge in [0.1, 0.15) is 6.04 Å². The topological polar surface area (TPSA) is 49.4 Å². The Hall–Kier alpha value is -1.06. The summed E-state index contributed by atoms with van der Waals surface area (Å²) < 4.78 is 0. The molecule has 0 bridgehead atoms. The average Bonchev–Trinajstić information content (AvgIpc) is 2.97. The summed E-state index contributed by atoms with van der Waals surface area (Å²) in [6, 6.07) is 0.00385. The van der Waals surface area contributed by atoms with Crippen LogP contribution in [0.3, 0.4) is 0 Å². The van der Waals surface area contributed by atoms with Crippen LogP contribution in [0, 0.1) is 11.8 Å². The minimum absolute atomic E-state index is 0.0102. The normalized spacial score (nSPS) is 35.9. The van der Waals surface area contributed by atoms with Crippen molar-refractivity contribution in [1.29, 1.82) is 0 Å². The van der Waals surface area contributed by atoms with Crippen molar-refractivity contribution in [3.63, 3.8) is 0 Å². The van der Waals surface area contributed by atoms with Gasteiger partial charge >= 0.3 is 0 Å². The van der Waals surface area contributed by atoms with E-state index in [0.29, 0.717) is 12.0 Å². The molecule has 0 aromatic rings. The largest absolute Gasteiger partial charge is 0.342 e. The van der Waals surface area contributed by atoms with Crippen LogP contribution in [0.2, 0.25) is 0 Å². The van der Waals surface area contributed by atoms with Crippen molar-refractivity contribution in [1.82, 2.24) is 10.2 Å². The number of hydrogen-bond donors (Lipinski definition) is 1. The molecule has 2 amide bonds. The van der Waals surface area contributed by atoms with Crippen molar-refractivity contribution in [2.75, 3.05) is 6.54 Å². The molecule has 1 N–H and O–H groups in total. The summed E-state index contributed by atoms with van der Waals surface area (Å²) in [5.41, 5.74) is 0. The molecule has 4 atom stereocenters. The Bertz CT molecular complexity index is 298. The molecule has 4 heteroatoms. The SMILES string of the molecule is CCC(C)C1NC(=O)CN(C2CC2C)C1=O. The second-order valence-electron chi connectivity index (χ2n) is 5.18. The van der Waals surface area contributed by atoms with Gasteiger partial charge in [-0.05, 0) is 18.3 Å². The lowest BCUT2D eigenvalue weighted by molar-refractivity contribution is -0.146. The Morgan fingerprint density at radius 2 is 2.12 bits per heavy atom. The van der Waals surface area contributed by atoms with E-state index >= 15 is 0 Å². The van der Waals surface area contributed by atoms with Gasteiger partial charge < -0.3 is 10.2 Å². The van der Waals surface area contributed by atoms with Crippen LogP contribution >= 0.6 is 0 Å². The van der Waals surface area contributed by atoms with Crippen LogP contribution in [0.5, 0.6) is 0 Å². The van der Waals surface area contributed by atoms with Crippen molar-refractivity contribution >= 4 is 11.8 Å². The molecule has 1 saturated carbocycles. The molecule has 16 heavy (non-hydrogen) atoms. The van der Waals surface area contributed by atoms with Crippen molar-refractivity contribution in [2.45, 2.75) is 45.7 Å². The van der Waals surface area contributed by atoms with Crippen molar-refractivity contribution < 1.29 is 9.59 Å². The van der Waals surface area contributed by atoms with Crippen LogP contribution in [0.25, 0.3) is 0 Å². The third-order valence-corrected chi connectivity index (χ3v) is 3.86. The molecule has 2 fully saturated rings.